The molecule has 0 bridgehead atoms. The average molecular weight is 221 g/mol. The number of nitrogens with two attached hydrogens (primary N) is 1. The van der Waals surface area contributed by atoms with E-state index in [1.165, 1.54) is 12.8 Å². The largest absolute Gasteiger partial charge is 0.396 e. The molecule has 1 fully saturated rings. The van der Waals surface area contributed by atoms with Gasteiger partial charge < -0.3 is 15.7 Å². The van der Waals surface area contributed by atoms with Gasteiger partial charge in [-0.05, 0) is 25.0 Å². The number of nitrogens with zero attached hydrogens (tertiary/aromatic N) is 2. The minimum atomic E-state index is 0.166. The van der Waals surface area contributed by atoms with Gasteiger partial charge in [0.15, 0.2) is 5.82 Å². The summed E-state index contributed by atoms with van der Waals surface area (Å²) in [4.78, 5) is 6.49. The Morgan fingerprint density at radius 3 is 3.06 bits per heavy atom. The molecule has 16 heavy (non-hydrogen) atoms. The standard InChI is InChI=1S/C12H19N3O/c13-11-6-4-7-14-12(11)15-8-3-1-2-5-10(15)9-16/h4,6-7,10,16H,1-3,5,8-9,13H2. The van der Waals surface area contributed by atoms with Crippen LogP contribution in [0.3, 0.4) is 0 Å². The van der Waals surface area contributed by atoms with Gasteiger partial charge in [0.1, 0.15) is 0 Å². The number of aromatic nitrogens is 1. The van der Waals surface area contributed by atoms with Gasteiger partial charge in [0.05, 0.1) is 18.3 Å². The molecule has 1 aliphatic rings. The van der Waals surface area contributed by atoms with Gasteiger partial charge in [-0.25, -0.2) is 4.98 Å². The molecule has 1 atom stereocenters. The Kier molecular flexibility index (Phi) is 3.62. The van der Waals surface area contributed by atoms with Crippen molar-refractivity contribution in [1.82, 2.24) is 4.98 Å². The molecule has 3 N–H and O–H groups in total. The van der Waals surface area contributed by atoms with Gasteiger partial charge in [0.25, 0.3) is 0 Å². The molecule has 4 heteroatoms. The van der Waals surface area contributed by atoms with Crippen molar-refractivity contribution in [2.75, 3.05) is 23.8 Å². The molecular formula is C12H19N3O. The number of aliphatic hydroxyl groups is 1. The van der Waals surface area contributed by atoms with Gasteiger partial charge in [-0.1, -0.05) is 12.8 Å². The number of aliphatic hydroxyl groups excluding tert-OH is 1. The molecule has 1 aromatic rings. The zero-order valence-electron chi connectivity index (χ0n) is 9.47. The topological polar surface area (TPSA) is 62.4 Å². The van der Waals surface area contributed by atoms with E-state index in [1.54, 1.807) is 6.20 Å². The summed E-state index contributed by atoms with van der Waals surface area (Å²) in [6, 6.07) is 3.87. The number of hydrogen-bond donors (Lipinski definition) is 2. The number of hydrogen-bond acceptors (Lipinski definition) is 4. The summed E-state index contributed by atoms with van der Waals surface area (Å²) in [5, 5.41) is 9.43. The van der Waals surface area contributed by atoms with Gasteiger partial charge in [-0.2, -0.15) is 0 Å². The lowest BCUT2D eigenvalue weighted by Gasteiger charge is -2.30. The Balaban J connectivity index is 2.25. The molecule has 0 amide bonds. The van der Waals surface area contributed by atoms with Crippen LogP contribution >= 0.6 is 0 Å². The highest BCUT2D eigenvalue weighted by Gasteiger charge is 2.22. The van der Waals surface area contributed by atoms with Crippen LogP contribution in [0, 0.1) is 0 Å². The molecular weight excluding hydrogens is 202 g/mol. The second kappa shape index (κ2) is 5.16. The summed E-state index contributed by atoms with van der Waals surface area (Å²) in [5.74, 6) is 0.823. The highest BCUT2D eigenvalue weighted by molar-refractivity contribution is 5.62. The normalized spacial score (nSPS) is 21.8. The van der Waals surface area contributed by atoms with Gasteiger partial charge in [-0.3, -0.25) is 0 Å². The number of rotatable bonds is 2. The molecule has 88 valence electrons. The second-order valence-electron chi connectivity index (χ2n) is 4.30. The van der Waals surface area contributed by atoms with E-state index < -0.39 is 0 Å². The fourth-order valence-corrected chi connectivity index (χ4v) is 2.30. The molecule has 0 saturated carbocycles. The first-order valence-corrected chi connectivity index (χ1v) is 5.91. The quantitative estimate of drug-likeness (QED) is 0.792. The Labute approximate surface area is 96.1 Å². The van der Waals surface area contributed by atoms with Gasteiger partial charge in [0.2, 0.25) is 0 Å². The summed E-state index contributed by atoms with van der Waals surface area (Å²) in [6.45, 7) is 1.11. The lowest BCUT2D eigenvalue weighted by Crippen LogP contribution is -2.38. The first-order valence-electron chi connectivity index (χ1n) is 5.91. The number of pyridine rings is 1. The van der Waals surface area contributed by atoms with E-state index in [4.69, 9.17) is 5.73 Å². The van der Waals surface area contributed by atoms with Crippen molar-refractivity contribution in [3.63, 3.8) is 0 Å². The third-order valence-electron chi connectivity index (χ3n) is 3.18. The average Bonchev–Trinajstić information content (AvgIpc) is 2.54. The third kappa shape index (κ3) is 2.27. The van der Waals surface area contributed by atoms with E-state index in [1.807, 2.05) is 12.1 Å². The van der Waals surface area contributed by atoms with Crippen LogP contribution in [0.5, 0.6) is 0 Å². The van der Waals surface area contributed by atoms with E-state index in [0.717, 1.165) is 25.2 Å². The SMILES string of the molecule is Nc1cccnc1N1CCCCCC1CO. The Morgan fingerprint density at radius 2 is 2.31 bits per heavy atom. The van der Waals surface area contributed by atoms with Crippen LogP contribution in [0.1, 0.15) is 25.7 Å². The van der Waals surface area contributed by atoms with Crippen molar-refractivity contribution in [2.24, 2.45) is 0 Å². The molecule has 1 unspecified atom stereocenters. The van der Waals surface area contributed by atoms with Crippen molar-refractivity contribution in [3.05, 3.63) is 18.3 Å². The molecule has 1 aliphatic heterocycles. The first-order chi connectivity index (χ1) is 7.83. The lowest BCUT2D eigenvalue weighted by molar-refractivity contribution is 0.254. The maximum Gasteiger partial charge on any atom is 0.152 e. The maximum atomic E-state index is 9.43. The van der Waals surface area contributed by atoms with Crippen molar-refractivity contribution < 1.29 is 5.11 Å². The minimum Gasteiger partial charge on any atom is -0.396 e. The van der Waals surface area contributed by atoms with E-state index in [2.05, 4.69) is 9.88 Å². The molecule has 1 saturated heterocycles. The van der Waals surface area contributed by atoms with Crippen LogP contribution in [0.4, 0.5) is 11.5 Å². The predicted molar refractivity (Wildman–Crippen MR) is 65.3 cm³/mol. The van der Waals surface area contributed by atoms with Crippen LogP contribution in [0.25, 0.3) is 0 Å². The molecule has 2 heterocycles. The zero-order valence-corrected chi connectivity index (χ0v) is 9.47. The van der Waals surface area contributed by atoms with Crippen LogP contribution in [-0.4, -0.2) is 29.3 Å². The Morgan fingerprint density at radius 1 is 1.44 bits per heavy atom. The second-order valence-corrected chi connectivity index (χ2v) is 4.30. The monoisotopic (exact) mass is 221 g/mol. The van der Waals surface area contributed by atoms with E-state index in [-0.39, 0.29) is 12.6 Å². The van der Waals surface area contributed by atoms with Crippen molar-refractivity contribution in [2.45, 2.75) is 31.7 Å². The molecule has 0 aliphatic carbocycles. The molecule has 0 aromatic carbocycles. The summed E-state index contributed by atoms with van der Waals surface area (Å²) in [5.41, 5.74) is 6.63. The highest BCUT2D eigenvalue weighted by atomic mass is 16.3. The van der Waals surface area contributed by atoms with Gasteiger partial charge >= 0.3 is 0 Å². The smallest absolute Gasteiger partial charge is 0.152 e. The lowest BCUT2D eigenvalue weighted by atomic mass is 10.1. The molecule has 2 rings (SSSR count). The summed E-state index contributed by atoms with van der Waals surface area (Å²) >= 11 is 0. The fraction of sp³-hybridized carbons (Fsp3) is 0.583. The molecule has 1 aromatic heterocycles. The fourth-order valence-electron chi connectivity index (χ4n) is 2.30. The summed E-state index contributed by atoms with van der Waals surface area (Å²) in [6.07, 6.45) is 6.32. The van der Waals surface area contributed by atoms with E-state index in [9.17, 15) is 5.11 Å². The van der Waals surface area contributed by atoms with Gasteiger partial charge in [0, 0.05) is 12.7 Å². The molecule has 0 spiro atoms. The minimum absolute atomic E-state index is 0.166. The maximum absolute atomic E-state index is 9.43. The zero-order chi connectivity index (χ0) is 11.4. The van der Waals surface area contributed by atoms with E-state index in [0.29, 0.717) is 5.69 Å². The predicted octanol–water partition coefficient (Wildman–Crippen LogP) is 1.41. The Bertz CT molecular complexity index is 343. The van der Waals surface area contributed by atoms with Crippen molar-refractivity contribution >= 4 is 11.5 Å². The number of anilines is 2. The van der Waals surface area contributed by atoms with Crippen LogP contribution < -0.4 is 10.6 Å². The van der Waals surface area contributed by atoms with E-state index >= 15 is 0 Å². The van der Waals surface area contributed by atoms with Crippen molar-refractivity contribution in [3.8, 4) is 0 Å². The third-order valence-corrected chi connectivity index (χ3v) is 3.18. The molecule has 0 radical (unpaired) electrons. The summed E-state index contributed by atoms with van der Waals surface area (Å²) < 4.78 is 0. The van der Waals surface area contributed by atoms with Crippen LogP contribution in [0.2, 0.25) is 0 Å². The molecule has 4 nitrogen and oxygen atoms in total. The van der Waals surface area contributed by atoms with Gasteiger partial charge in [-0.15, -0.1) is 0 Å². The van der Waals surface area contributed by atoms with Crippen LogP contribution in [0.15, 0.2) is 18.3 Å². The van der Waals surface area contributed by atoms with Crippen LogP contribution in [-0.2, 0) is 0 Å². The highest BCUT2D eigenvalue weighted by Crippen LogP contribution is 2.26. The van der Waals surface area contributed by atoms with Crippen molar-refractivity contribution in [1.29, 1.82) is 0 Å². The number of nitrogen functional groups attached to an aromatic ring is 1. The summed E-state index contributed by atoms with van der Waals surface area (Å²) in [7, 11) is 0. The first kappa shape index (κ1) is 11.2. The Hall–Kier alpha value is -1.29.